The first-order valence-corrected chi connectivity index (χ1v) is 8.20. The number of hydrogen-bond acceptors (Lipinski definition) is 5. The van der Waals surface area contributed by atoms with E-state index in [1.807, 2.05) is 37.4 Å². The van der Waals surface area contributed by atoms with Gasteiger partial charge in [0.2, 0.25) is 0 Å². The van der Waals surface area contributed by atoms with Crippen molar-refractivity contribution in [2.45, 2.75) is 13.0 Å². The zero-order chi connectivity index (χ0) is 16.2. The van der Waals surface area contributed by atoms with E-state index in [1.165, 1.54) is 0 Å². The molecular weight excluding hydrogens is 312 g/mol. The zero-order valence-corrected chi connectivity index (χ0v) is 14.2. The lowest BCUT2D eigenvalue weighted by atomic mass is 10.1. The maximum absolute atomic E-state index is 5.96. The van der Waals surface area contributed by atoms with Crippen LogP contribution in [0.5, 0.6) is 0 Å². The molecule has 0 radical (unpaired) electrons. The van der Waals surface area contributed by atoms with E-state index < -0.39 is 0 Å². The van der Waals surface area contributed by atoms with Crippen LogP contribution in [0, 0.1) is 0 Å². The normalized spacial score (nSPS) is 18.0. The van der Waals surface area contributed by atoms with Crippen LogP contribution >= 0.6 is 11.6 Å². The van der Waals surface area contributed by atoms with Crippen LogP contribution in [-0.2, 0) is 4.74 Å². The van der Waals surface area contributed by atoms with Crippen LogP contribution in [0.15, 0.2) is 36.7 Å². The van der Waals surface area contributed by atoms with Crippen molar-refractivity contribution in [3.8, 4) is 0 Å². The van der Waals surface area contributed by atoms with Gasteiger partial charge in [-0.3, -0.25) is 0 Å². The number of nitrogens with zero attached hydrogens (tertiary/aromatic N) is 4. The molecule has 0 spiro atoms. The van der Waals surface area contributed by atoms with Crippen molar-refractivity contribution in [2.24, 2.45) is 0 Å². The fraction of sp³-hybridized carbons (Fsp3) is 0.412. The number of hydrogen-bond donors (Lipinski definition) is 0. The summed E-state index contributed by atoms with van der Waals surface area (Å²) in [5, 5.41) is 0.740. The van der Waals surface area contributed by atoms with Crippen molar-refractivity contribution in [3.05, 3.63) is 47.2 Å². The molecule has 0 unspecified atom stereocenters. The lowest BCUT2D eigenvalue weighted by molar-refractivity contribution is 0.0395. The molecule has 0 saturated carbocycles. The highest BCUT2D eigenvalue weighted by Crippen LogP contribution is 2.27. The molecular formula is C17H21ClN4O. The van der Waals surface area contributed by atoms with Gasteiger partial charge in [0.15, 0.2) is 0 Å². The van der Waals surface area contributed by atoms with E-state index in [-0.39, 0.29) is 6.10 Å². The Morgan fingerprint density at radius 3 is 2.83 bits per heavy atom. The predicted molar refractivity (Wildman–Crippen MR) is 93.3 cm³/mol. The first-order valence-electron chi connectivity index (χ1n) is 7.82. The molecule has 122 valence electrons. The molecule has 0 N–H and O–H groups in total. The standard InChI is InChI=1S/C17H21ClN4O/c1-3-21(2)16-10-17(20-12-19-16)22-8-9-23-15(11-22)13-4-6-14(18)7-5-13/h4-7,10,12,15H,3,8-9,11H2,1-2H3/t15-/m1/s1. The number of aromatic nitrogens is 2. The fourth-order valence-electron chi connectivity index (χ4n) is 2.62. The topological polar surface area (TPSA) is 41.5 Å². The quantitative estimate of drug-likeness (QED) is 0.860. The van der Waals surface area contributed by atoms with Crippen molar-refractivity contribution in [2.75, 3.05) is 43.1 Å². The summed E-state index contributed by atoms with van der Waals surface area (Å²) in [4.78, 5) is 13.1. The van der Waals surface area contributed by atoms with Gasteiger partial charge >= 0.3 is 0 Å². The highest BCUT2D eigenvalue weighted by molar-refractivity contribution is 6.30. The lowest BCUT2D eigenvalue weighted by Crippen LogP contribution is -2.39. The van der Waals surface area contributed by atoms with Crippen molar-refractivity contribution in [3.63, 3.8) is 0 Å². The molecule has 1 saturated heterocycles. The SMILES string of the molecule is CCN(C)c1cc(N2CCO[C@@H](c3ccc(Cl)cc3)C2)ncn1. The van der Waals surface area contributed by atoms with Crippen molar-refractivity contribution >= 4 is 23.2 Å². The fourth-order valence-corrected chi connectivity index (χ4v) is 2.74. The van der Waals surface area contributed by atoms with Gasteiger partial charge in [-0.15, -0.1) is 0 Å². The third kappa shape index (κ3) is 3.74. The number of halogens is 1. The van der Waals surface area contributed by atoms with E-state index in [1.54, 1.807) is 6.33 Å². The van der Waals surface area contributed by atoms with Crippen LogP contribution in [0.4, 0.5) is 11.6 Å². The molecule has 6 heteroatoms. The summed E-state index contributed by atoms with van der Waals surface area (Å²) >= 11 is 5.96. The van der Waals surface area contributed by atoms with Crippen LogP contribution in [-0.4, -0.2) is 43.3 Å². The number of anilines is 2. The summed E-state index contributed by atoms with van der Waals surface area (Å²) in [6.45, 7) is 5.29. The van der Waals surface area contributed by atoms with Crippen molar-refractivity contribution in [1.29, 1.82) is 0 Å². The minimum absolute atomic E-state index is 0.0309. The summed E-state index contributed by atoms with van der Waals surface area (Å²) < 4.78 is 5.92. The minimum atomic E-state index is 0.0309. The van der Waals surface area contributed by atoms with E-state index in [4.69, 9.17) is 16.3 Å². The second kappa shape index (κ2) is 7.15. The Labute approximate surface area is 141 Å². The van der Waals surface area contributed by atoms with Crippen LogP contribution in [0.25, 0.3) is 0 Å². The van der Waals surface area contributed by atoms with Crippen molar-refractivity contribution in [1.82, 2.24) is 9.97 Å². The molecule has 1 aromatic heterocycles. The monoisotopic (exact) mass is 332 g/mol. The summed E-state index contributed by atoms with van der Waals surface area (Å²) in [5.74, 6) is 1.88. The molecule has 2 aromatic rings. The minimum Gasteiger partial charge on any atom is -0.370 e. The highest BCUT2D eigenvalue weighted by atomic mass is 35.5. The van der Waals surface area contributed by atoms with Gasteiger partial charge in [-0.05, 0) is 24.6 Å². The molecule has 23 heavy (non-hydrogen) atoms. The van der Waals surface area contributed by atoms with E-state index in [9.17, 15) is 0 Å². The molecule has 0 bridgehead atoms. The first kappa shape index (κ1) is 16.0. The Morgan fingerprint density at radius 1 is 1.30 bits per heavy atom. The average Bonchev–Trinajstić information content (AvgIpc) is 2.62. The summed E-state index contributed by atoms with van der Waals surface area (Å²) in [7, 11) is 2.03. The van der Waals surface area contributed by atoms with Gasteiger partial charge in [0, 0.05) is 37.8 Å². The maximum atomic E-state index is 5.96. The highest BCUT2D eigenvalue weighted by Gasteiger charge is 2.23. The van der Waals surface area contributed by atoms with E-state index in [0.717, 1.165) is 41.9 Å². The van der Waals surface area contributed by atoms with Gasteiger partial charge in [-0.25, -0.2) is 9.97 Å². The Morgan fingerprint density at radius 2 is 2.09 bits per heavy atom. The van der Waals surface area contributed by atoms with Gasteiger partial charge in [-0.1, -0.05) is 23.7 Å². The Bertz CT molecular complexity index is 649. The number of morpholine rings is 1. The van der Waals surface area contributed by atoms with Gasteiger partial charge in [-0.2, -0.15) is 0 Å². The maximum Gasteiger partial charge on any atom is 0.134 e. The van der Waals surface area contributed by atoms with Gasteiger partial charge < -0.3 is 14.5 Å². The van der Waals surface area contributed by atoms with Crippen LogP contribution in [0.2, 0.25) is 5.02 Å². The first-order chi connectivity index (χ1) is 11.2. The molecule has 1 aromatic carbocycles. The van der Waals surface area contributed by atoms with Crippen LogP contribution in [0.1, 0.15) is 18.6 Å². The second-order valence-corrected chi connectivity index (χ2v) is 6.04. The average molecular weight is 333 g/mol. The van der Waals surface area contributed by atoms with Crippen molar-refractivity contribution < 1.29 is 4.74 Å². The van der Waals surface area contributed by atoms with E-state index >= 15 is 0 Å². The van der Waals surface area contributed by atoms with E-state index in [0.29, 0.717) is 6.61 Å². The van der Waals surface area contributed by atoms with Crippen LogP contribution in [0.3, 0.4) is 0 Å². The van der Waals surface area contributed by atoms with Gasteiger partial charge in [0.1, 0.15) is 24.1 Å². The molecule has 1 aliphatic rings. The molecule has 5 nitrogen and oxygen atoms in total. The third-order valence-corrected chi connectivity index (χ3v) is 4.39. The molecule has 2 heterocycles. The largest absolute Gasteiger partial charge is 0.370 e. The molecule has 0 aliphatic carbocycles. The third-order valence-electron chi connectivity index (χ3n) is 4.14. The molecule has 0 amide bonds. The Hall–Kier alpha value is -1.85. The summed E-state index contributed by atoms with van der Waals surface area (Å²) in [6.07, 6.45) is 1.66. The zero-order valence-electron chi connectivity index (χ0n) is 13.4. The molecule has 1 fully saturated rings. The van der Waals surface area contributed by atoms with E-state index in [2.05, 4.69) is 26.7 Å². The Kier molecular flexibility index (Phi) is 4.98. The smallest absolute Gasteiger partial charge is 0.134 e. The number of benzene rings is 1. The predicted octanol–water partition coefficient (Wildman–Crippen LogP) is 3.16. The second-order valence-electron chi connectivity index (χ2n) is 5.61. The summed E-state index contributed by atoms with van der Waals surface area (Å²) in [5.41, 5.74) is 1.14. The molecule has 3 rings (SSSR count). The number of rotatable bonds is 4. The van der Waals surface area contributed by atoms with Crippen LogP contribution < -0.4 is 9.80 Å². The van der Waals surface area contributed by atoms with Gasteiger partial charge in [0.05, 0.1) is 6.61 Å². The summed E-state index contributed by atoms with van der Waals surface area (Å²) in [6, 6.07) is 9.88. The number of ether oxygens (including phenoxy) is 1. The Balaban J connectivity index is 1.77. The molecule has 1 aliphatic heterocycles. The lowest BCUT2D eigenvalue weighted by Gasteiger charge is -2.34. The molecule has 1 atom stereocenters. The van der Waals surface area contributed by atoms with Gasteiger partial charge in [0.25, 0.3) is 0 Å².